The van der Waals surface area contributed by atoms with Gasteiger partial charge in [0.1, 0.15) is 0 Å². The van der Waals surface area contributed by atoms with Crippen LogP contribution in [0.5, 0.6) is 11.5 Å². The number of ether oxygens (including phenoxy) is 2. The summed E-state index contributed by atoms with van der Waals surface area (Å²) in [6.07, 6.45) is 3.01. The van der Waals surface area contributed by atoms with Gasteiger partial charge in [0, 0.05) is 24.7 Å². The number of primary amides is 1. The van der Waals surface area contributed by atoms with E-state index in [1.54, 1.807) is 18.2 Å². The van der Waals surface area contributed by atoms with Gasteiger partial charge >= 0.3 is 0 Å². The Bertz CT molecular complexity index is 576. The normalized spacial score (nSPS) is 17.7. The average Bonchev–Trinajstić information content (AvgIpc) is 2.59. The second kappa shape index (κ2) is 7.82. The minimum absolute atomic E-state index is 0.0695. The van der Waals surface area contributed by atoms with Gasteiger partial charge in [-0.15, -0.1) is 0 Å². The fraction of sp³-hybridized carbons (Fsp3) is 0.500. The van der Waals surface area contributed by atoms with Gasteiger partial charge in [0.25, 0.3) is 11.8 Å². The SMILES string of the molecule is COc1cc(C(=O)N2CCCCC2CN)ccc1OCC(N)=O. The van der Waals surface area contributed by atoms with Crippen LogP contribution in [0, 0.1) is 0 Å². The molecule has 1 heterocycles. The van der Waals surface area contributed by atoms with Crippen molar-refractivity contribution in [1.29, 1.82) is 0 Å². The molecule has 1 aromatic rings. The van der Waals surface area contributed by atoms with E-state index < -0.39 is 5.91 Å². The Morgan fingerprint density at radius 2 is 2.09 bits per heavy atom. The first-order valence-electron chi connectivity index (χ1n) is 7.67. The highest BCUT2D eigenvalue weighted by atomic mass is 16.5. The number of carbonyl (C=O) groups excluding carboxylic acids is 2. The Balaban J connectivity index is 2.18. The Kier molecular flexibility index (Phi) is 5.81. The quantitative estimate of drug-likeness (QED) is 0.794. The summed E-state index contributed by atoms with van der Waals surface area (Å²) >= 11 is 0. The monoisotopic (exact) mass is 321 g/mol. The summed E-state index contributed by atoms with van der Waals surface area (Å²) in [6.45, 7) is 0.927. The minimum atomic E-state index is -0.577. The minimum Gasteiger partial charge on any atom is -0.493 e. The van der Waals surface area contributed by atoms with E-state index in [1.807, 2.05) is 4.90 Å². The van der Waals surface area contributed by atoms with Gasteiger partial charge in [0.2, 0.25) is 0 Å². The van der Waals surface area contributed by atoms with E-state index >= 15 is 0 Å². The molecule has 7 nitrogen and oxygen atoms in total. The van der Waals surface area contributed by atoms with Crippen LogP contribution in [0.15, 0.2) is 18.2 Å². The predicted molar refractivity (Wildman–Crippen MR) is 85.4 cm³/mol. The third-order valence-corrected chi connectivity index (χ3v) is 3.94. The number of piperidine rings is 1. The third kappa shape index (κ3) is 4.13. The Hall–Kier alpha value is -2.28. The fourth-order valence-electron chi connectivity index (χ4n) is 2.75. The number of benzene rings is 1. The van der Waals surface area contributed by atoms with Gasteiger partial charge in [-0.1, -0.05) is 0 Å². The van der Waals surface area contributed by atoms with Gasteiger partial charge in [-0.05, 0) is 37.5 Å². The number of amides is 2. The summed E-state index contributed by atoms with van der Waals surface area (Å²) in [5.74, 6) is 0.112. The molecule has 0 radical (unpaired) electrons. The number of carbonyl (C=O) groups is 2. The third-order valence-electron chi connectivity index (χ3n) is 3.94. The smallest absolute Gasteiger partial charge is 0.255 e. The highest BCUT2D eigenvalue weighted by Gasteiger charge is 2.27. The maximum atomic E-state index is 12.7. The van der Waals surface area contributed by atoms with E-state index in [0.29, 0.717) is 30.2 Å². The summed E-state index contributed by atoms with van der Waals surface area (Å²) in [5, 5.41) is 0. The zero-order valence-electron chi connectivity index (χ0n) is 13.3. The van der Waals surface area contributed by atoms with Crippen molar-refractivity contribution in [3.05, 3.63) is 23.8 Å². The first-order chi connectivity index (χ1) is 11.1. The maximum Gasteiger partial charge on any atom is 0.255 e. The Morgan fingerprint density at radius 3 is 2.74 bits per heavy atom. The number of hydrogen-bond acceptors (Lipinski definition) is 5. The molecule has 0 spiro atoms. The number of likely N-dealkylation sites (tertiary alicyclic amines) is 1. The van der Waals surface area contributed by atoms with Gasteiger partial charge in [-0.3, -0.25) is 9.59 Å². The van der Waals surface area contributed by atoms with Crippen LogP contribution in [0.3, 0.4) is 0 Å². The van der Waals surface area contributed by atoms with Crippen LogP contribution in [0.1, 0.15) is 29.6 Å². The van der Waals surface area contributed by atoms with Crippen LogP contribution >= 0.6 is 0 Å². The molecule has 1 atom stereocenters. The van der Waals surface area contributed by atoms with Crippen molar-refractivity contribution in [2.24, 2.45) is 11.5 Å². The van der Waals surface area contributed by atoms with Gasteiger partial charge in [0.05, 0.1) is 7.11 Å². The van der Waals surface area contributed by atoms with E-state index in [0.717, 1.165) is 19.3 Å². The zero-order chi connectivity index (χ0) is 16.8. The molecule has 1 aromatic carbocycles. The average molecular weight is 321 g/mol. The number of rotatable bonds is 6. The van der Waals surface area contributed by atoms with E-state index in [1.165, 1.54) is 7.11 Å². The lowest BCUT2D eigenvalue weighted by Gasteiger charge is -2.35. The van der Waals surface area contributed by atoms with E-state index in [-0.39, 0.29) is 18.6 Å². The predicted octanol–water partition coefficient (Wildman–Crippen LogP) is 0.513. The summed E-state index contributed by atoms with van der Waals surface area (Å²) in [6, 6.07) is 4.95. The first kappa shape index (κ1) is 17.1. The van der Waals surface area contributed by atoms with Crippen molar-refractivity contribution in [2.45, 2.75) is 25.3 Å². The summed E-state index contributed by atoms with van der Waals surface area (Å²) in [5.41, 5.74) is 11.3. The molecule has 0 aromatic heterocycles. The lowest BCUT2D eigenvalue weighted by atomic mass is 10.0. The van der Waals surface area contributed by atoms with E-state index in [2.05, 4.69) is 0 Å². The highest BCUT2D eigenvalue weighted by molar-refractivity contribution is 5.95. The van der Waals surface area contributed by atoms with Gasteiger partial charge in [-0.25, -0.2) is 0 Å². The molecular formula is C16H23N3O4. The topological polar surface area (TPSA) is 108 Å². The molecule has 1 aliphatic heterocycles. The van der Waals surface area contributed by atoms with Crippen molar-refractivity contribution < 1.29 is 19.1 Å². The van der Waals surface area contributed by atoms with Crippen molar-refractivity contribution in [3.8, 4) is 11.5 Å². The molecule has 0 bridgehead atoms. The number of hydrogen-bond donors (Lipinski definition) is 2. The van der Waals surface area contributed by atoms with Crippen LogP contribution in [-0.4, -0.2) is 49.6 Å². The van der Waals surface area contributed by atoms with Crippen LogP contribution in [0.2, 0.25) is 0 Å². The molecule has 1 fully saturated rings. The summed E-state index contributed by atoms with van der Waals surface area (Å²) in [7, 11) is 1.48. The molecule has 2 amide bonds. The van der Waals surface area contributed by atoms with Crippen LogP contribution in [0.4, 0.5) is 0 Å². The second-order valence-electron chi connectivity index (χ2n) is 5.50. The van der Waals surface area contributed by atoms with Crippen LogP contribution in [-0.2, 0) is 4.79 Å². The second-order valence-corrected chi connectivity index (χ2v) is 5.50. The van der Waals surface area contributed by atoms with Crippen molar-refractivity contribution in [2.75, 3.05) is 26.8 Å². The number of methoxy groups -OCH3 is 1. The lowest BCUT2D eigenvalue weighted by molar-refractivity contribution is -0.119. The number of nitrogens with two attached hydrogens (primary N) is 2. The molecular weight excluding hydrogens is 298 g/mol. The molecule has 1 saturated heterocycles. The highest BCUT2D eigenvalue weighted by Crippen LogP contribution is 2.29. The largest absolute Gasteiger partial charge is 0.493 e. The molecule has 23 heavy (non-hydrogen) atoms. The molecule has 2 rings (SSSR count). The summed E-state index contributed by atoms with van der Waals surface area (Å²) in [4.78, 5) is 25.3. The van der Waals surface area contributed by atoms with Crippen molar-refractivity contribution >= 4 is 11.8 Å². The molecule has 126 valence electrons. The maximum absolute atomic E-state index is 12.7. The van der Waals surface area contributed by atoms with Gasteiger partial charge in [-0.2, -0.15) is 0 Å². The van der Waals surface area contributed by atoms with Crippen LogP contribution < -0.4 is 20.9 Å². The standard InChI is InChI=1S/C16H23N3O4/c1-22-14-8-11(5-6-13(14)23-10-15(18)20)16(21)19-7-3-2-4-12(19)9-17/h5-6,8,12H,2-4,7,9-10,17H2,1H3,(H2,18,20). The van der Waals surface area contributed by atoms with Crippen LogP contribution in [0.25, 0.3) is 0 Å². The molecule has 1 unspecified atom stereocenters. The summed E-state index contributed by atoms with van der Waals surface area (Å²) < 4.78 is 10.5. The Morgan fingerprint density at radius 1 is 1.30 bits per heavy atom. The molecule has 7 heteroatoms. The zero-order valence-corrected chi connectivity index (χ0v) is 13.3. The Labute approximate surface area is 135 Å². The van der Waals surface area contributed by atoms with E-state index in [4.69, 9.17) is 20.9 Å². The van der Waals surface area contributed by atoms with E-state index in [9.17, 15) is 9.59 Å². The fourth-order valence-corrected chi connectivity index (χ4v) is 2.75. The van der Waals surface area contributed by atoms with Gasteiger partial charge < -0.3 is 25.8 Å². The van der Waals surface area contributed by atoms with Gasteiger partial charge in [0.15, 0.2) is 18.1 Å². The molecule has 4 N–H and O–H groups in total. The number of nitrogens with zero attached hydrogens (tertiary/aromatic N) is 1. The van der Waals surface area contributed by atoms with Crippen molar-refractivity contribution in [3.63, 3.8) is 0 Å². The van der Waals surface area contributed by atoms with Crippen molar-refractivity contribution in [1.82, 2.24) is 4.90 Å². The first-order valence-corrected chi connectivity index (χ1v) is 7.67. The lowest BCUT2D eigenvalue weighted by Crippen LogP contribution is -2.47. The molecule has 1 aliphatic rings. The molecule has 0 aliphatic carbocycles. The molecule has 0 saturated carbocycles.